The van der Waals surface area contributed by atoms with Crippen molar-refractivity contribution in [1.82, 2.24) is 5.32 Å². The lowest BCUT2D eigenvalue weighted by molar-refractivity contribution is 0.418. The van der Waals surface area contributed by atoms with Crippen molar-refractivity contribution in [2.45, 2.75) is 58.2 Å². The van der Waals surface area contributed by atoms with Gasteiger partial charge in [0.05, 0.1) is 0 Å². The number of halogens is 1. The Morgan fingerprint density at radius 2 is 2.10 bits per heavy atom. The monoisotopic (exact) mass is 276 g/mol. The van der Waals surface area contributed by atoms with Gasteiger partial charge in [0.1, 0.15) is 5.82 Å². The fourth-order valence-electron chi connectivity index (χ4n) is 3.56. The Kier molecular flexibility index (Phi) is 3.49. The van der Waals surface area contributed by atoms with Gasteiger partial charge < -0.3 is 10.2 Å². The molecular weight excluding hydrogens is 251 g/mol. The lowest BCUT2D eigenvalue weighted by Crippen LogP contribution is -2.37. The lowest BCUT2D eigenvalue weighted by atomic mass is 10.0. The summed E-state index contributed by atoms with van der Waals surface area (Å²) in [5, 5.41) is 3.42. The minimum atomic E-state index is -0.0815. The van der Waals surface area contributed by atoms with Crippen molar-refractivity contribution in [2.24, 2.45) is 5.92 Å². The third kappa shape index (κ3) is 2.69. The summed E-state index contributed by atoms with van der Waals surface area (Å²) in [6, 6.07) is 6.15. The highest BCUT2D eigenvalue weighted by atomic mass is 19.1. The van der Waals surface area contributed by atoms with Crippen LogP contribution in [-0.4, -0.2) is 18.1 Å². The second-order valence-corrected chi connectivity index (χ2v) is 7.33. The van der Waals surface area contributed by atoms with Crippen LogP contribution in [-0.2, 0) is 6.54 Å². The predicted molar refractivity (Wildman–Crippen MR) is 81.5 cm³/mol. The molecule has 1 aliphatic heterocycles. The predicted octanol–water partition coefficient (Wildman–Crippen LogP) is 3.70. The van der Waals surface area contributed by atoms with Crippen molar-refractivity contribution >= 4 is 5.69 Å². The number of fused-ring (bicyclic) bond motifs is 2. The van der Waals surface area contributed by atoms with Gasteiger partial charge in [-0.1, -0.05) is 6.07 Å². The Labute approximate surface area is 121 Å². The van der Waals surface area contributed by atoms with Crippen LogP contribution in [0.2, 0.25) is 0 Å². The molecule has 1 N–H and O–H groups in total. The van der Waals surface area contributed by atoms with Crippen LogP contribution >= 0.6 is 0 Å². The van der Waals surface area contributed by atoms with E-state index in [2.05, 4.69) is 37.1 Å². The van der Waals surface area contributed by atoms with E-state index < -0.39 is 0 Å². The van der Waals surface area contributed by atoms with Gasteiger partial charge in [-0.15, -0.1) is 0 Å². The fourth-order valence-corrected chi connectivity index (χ4v) is 3.56. The first-order chi connectivity index (χ1) is 9.44. The van der Waals surface area contributed by atoms with Gasteiger partial charge in [-0.25, -0.2) is 4.39 Å². The van der Waals surface area contributed by atoms with Crippen LogP contribution in [0.25, 0.3) is 0 Å². The van der Waals surface area contributed by atoms with E-state index >= 15 is 0 Å². The number of hydrogen-bond donors (Lipinski definition) is 1. The smallest absolute Gasteiger partial charge is 0.129 e. The molecule has 0 radical (unpaired) electrons. The molecule has 1 aliphatic carbocycles. The Morgan fingerprint density at radius 1 is 1.30 bits per heavy atom. The van der Waals surface area contributed by atoms with Crippen molar-refractivity contribution in [3.63, 3.8) is 0 Å². The van der Waals surface area contributed by atoms with Crippen LogP contribution in [0.1, 0.15) is 45.6 Å². The summed E-state index contributed by atoms with van der Waals surface area (Å²) in [4.78, 5) is 2.44. The van der Waals surface area contributed by atoms with Crippen LogP contribution in [0.4, 0.5) is 10.1 Å². The minimum Gasteiger partial charge on any atom is -0.368 e. The van der Waals surface area contributed by atoms with Crippen LogP contribution < -0.4 is 10.2 Å². The van der Waals surface area contributed by atoms with E-state index in [-0.39, 0.29) is 11.4 Å². The second kappa shape index (κ2) is 5.03. The molecule has 2 unspecified atom stereocenters. The molecular formula is C17H25FN2. The fraction of sp³-hybridized carbons (Fsp3) is 0.647. The van der Waals surface area contributed by atoms with Crippen LogP contribution in [0.15, 0.2) is 18.2 Å². The highest BCUT2D eigenvalue weighted by Crippen LogP contribution is 2.41. The maximum Gasteiger partial charge on any atom is 0.129 e. The minimum absolute atomic E-state index is 0.00354. The molecule has 2 bridgehead atoms. The zero-order chi connectivity index (χ0) is 14.3. The normalized spacial score (nSPS) is 25.5. The molecule has 1 aromatic carbocycles. The third-order valence-electron chi connectivity index (χ3n) is 4.61. The molecule has 1 saturated carbocycles. The molecule has 0 aromatic heterocycles. The van der Waals surface area contributed by atoms with Crippen molar-refractivity contribution in [1.29, 1.82) is 0 Å². The van der Waals surface area contributed by atoms with Gasteiger partial charge >= 0.3 is 0 Å². The molecule has 2 atom stereocenters. The summed E-state index contributed by atoms with van der Waals surface area (Å²) in [7, 11) is 0. The van der Waals surface area contributed by atoms with Crippen molar-refractivity contribution in [2.75, 3.05) is 11.4 Å². The highest BCUT2D eigenvalue weighted by Gasteiger charge is 2.38. The number of nitrogens with one attached hydrogen (secondary N) is 1. The number of nitrogens with zero attached hydrogens (tertiary/aromatic N) is 1. The molecule has 1 heterocycles. The van der Waals surface area contributed by atoms with Crippen molar-refractivity contribution < 1.29 is 4.39 Å². The largest absolute Gasteiger partial charge is 0.368 e. The summed E-state index contributed by atoms with van der Waals surface area (Å²) < 4.78 is 14.3. The average molecular weight is 276 g/mol. The first-order valence-corrected chi connectivity index (χ1v) is 7.73. The molecule has 2 nitrogen and oxygen atoms in total. The van der Waals surface area contributed by atoms with Gasteiger partial charge in [0.15, 0.2) is 0 Å². The number of hydrogen-bond acceptors (Lipinski definition) is 2. The Hall–Kier alpha value is -1.09. The Bertz CT molecular complexity index is 492. The van der Waals surface area contributed by atoms with Gasteiger partial charge in [-0.2, -0.15) is 0 Å². The topological polar surface area (TPSA) is 15.3 Å². The molecule has 3 rings (SSSR count). The number of rotatable bonds is 3. The SMILES string of the molecule is CC(C)(C)NCc1c(F)cccc1N1CC2CCC1C2. The summed E-state index contributed by atoms with van der Waals surface area (Å²) in [5.41, 5.74) is 1.94. The molecule has 1 saturated heterocycles. The molecule has 3 heteroatoms. The van der Waals surface area contributed by atoms with E-state index in [9.17, 15) is 4.39 Å². The summed E-state index contributed by atoms with van der Waals surface area (Å²) in [5.74, 6) is 0.744. The second-order valence-electron chi connectivity index (χ2n) is 7.33. The van der Waals surface area contributed by atoms with Gasteiger partial charge in [0, 0.05) is 35.9 Å². The van der Waals surface area contributed by atoms with Crippen molar-refractivity contribution in [3.8, 4) is 0 Å². The lowest BCUT2D eigenvalue weighted by Gasteiger charge is -2.32. The summed E-state index contributed by atoms with van der Waals surface area (Å²) in [6.45, 7) is 8.05. The first kappa shape index (κ1) is 13.9. The van der Waals surface area contributed by atoms with Crippen LogP contribution in [0.3, 0.4) is 0 Å². The maximum atomic E-state index is 14.3. The number of piperidine rings is 1. The molecule has 0 amide bonds. The van der Waals surface area contributed by atoms with Gasteiger partial charge in [-0.3, -0.25) is 0 Å². The maximum absolute atomic E-state index is 14.3. The standard InChI is InChI=1S/C17H25FN2/c1-17(2,3)19-10-14-15(18)5-4-6-16(14)20-11-12-7-8-13(20)9-12/h4-6,12-13,19H,7-11H2,1-3H3. The quantitative estimate of drug-likeness (QED) is 0.905. The molecule has 0 spiro atoms. The van der Waals surface area contributed by atoms with E-state index in [1.54, 1.807) is 6.07 Å². The van der Waals surface area contributed by atoms with Crippen LogP contribution in [0, 0.1) is 11.7 Å². The molecule has 2 fully saturated rings. The van der Waals surface area contributed by atoms with Gasteiger partial charge in [-0.05, 0) is 58.1 Å². The van der Waals surface area contributed by atoms with E-state index in [4.69, 9.17) is 0 Å². The average Bonchev–Trinajstić information content (AvgIpc) is 2.98. The van der Waals surface area contributed by atoms with E-state index in [0.717, 1.165) is 23.7 Å². The Balaban J connectivity index is 1.85. The third-order valence-corrected chi connectivity index (χ3v) is 4.61. The van der Waals surface area contributed by atoms with E-state index in [1.807, 2.05) is 6.07 Å². The van der Waals surface area contributed by atoms with Gasteiger partial charge in [0.25, 0.3) is 0 Å². The van der Waals surface area contributed by atoms with Gasteiger partial charge in [0.2, 0.25) is 0 Å². The van der Waals surface area contributed by atoms with Crippen molar-refractivity contribution in [3.05, 3.63) is 29.6 Å². The van der Waals surface area contributed by atoms with Crippen LogP contribution in [0.5, 0.6) is 0 Å². The van der Waals surface area contributed by atoms with E-state index in [1.165, 1.54) is 19.3 Å². The summed E-state index contributed by atoms with van der Waals surface area (Å²) >= 11 is 0. The first-order valence-electron chi connectivity index (χ1n) is 7.73. The Morgan fingerprint density at radius 3 is 2.70 bits per heavy atom. The zero-order valence-electron chi connectivity index (χ0n) is 12.7. The molecule has 1 aromatic rings. The molecule has 20 heavy (non-hydrogen) atoms. The highest BCUT2D eigenvalue weighted by molar-refractivity contribution is 5.56. The molecule has 110 valence electrons. The number of benzene rings is 1. The van der Waals surface area contributed by atoms with E-state index in [0.29, 0.717) is 12.6 Å². The molecule has 2 aliphatic rings. The summed E-state index contributed by atoms with van der Waals surface area (Å²) in [6.07, 6.45) is 3.92. The number of anilines is 1. The zero-order valence-corrected chi connectivity index (χ0v) is 12.7.